The minimum absolute atomic E-state index is 0.0929. The van der Waals surface area contributed by atoms with Crippen LogP contribution >= 0.6 is 0 Å². The third-order valence-corrected chi connectivity index (χ3v) is 18.5. The first-order chi connectivity index (χ1) is 39.2. The van der Waals surface area contributed by atoms with Crippen LogP contribution in [0.1, 0.15) is 124 Å². The van der Waals surface area contributed by atoms with Crippen molar-refractivity contribution in [3.05, 3.63) is 65.7 Å². The number of hydrogen-bond acceptors (Lipinski definition) is 19. The number of aryl methyl sites for hydroxylation is 1. The molecular weight excluding hydrogens is 1070 g/mol. The van der Waals surface area contributed by atoms with Crippen molar-refractivity contribution < 1.29 is 71.6 Å². The van der Waals surface area contributed by atoms with Gasteiger partial charge >= 0.3 is 12.1 Å². The van der Waals surface area contributed by atoms with E-state index in [-0.39, 0.29) is 38.1 Å². The van der Waals surface area contributed by atoms with Crippen LogP contribution in [-0.2, 0) is 58.8 Å². The molecule has 3 fully saturated rings. The Hall–Kier alpha value is -4.59. The summed E-state index contributed by atoms with van der Waals surface area (Å²) in [6.07, 6.45) is -5.14. The van der Waals surface area contributed by atoms with Gasteiger partial charge in [-0.3, -0.25) is 19.5 Å². The summed E-state index contributed by atoms with van der Waals surface area (Å²) in [5, 5.41) is 36.3. The molecule has 20 atom stereocenters. The number of primary amides is 1. The van der Waals surface area contributed by atoms with E-state index in [0.29, 0.717) is 25.3 Å². The maximum Gasteiger partial charge on any atom is 0.405 e. The van der Waals surface area contributed by atoms with Gasteiger partial charge in [-0.05, 0) is 91.0 Å². The topological polar surface area (TPSA) is 260 Å². The molecule has 0 aliphatic carbocycles. The Morgan fingerprint density at radius 3 is 2.22 bits per heavy atom. The summed E-state index contributed by atoms with van der Waals surface area (Å²) in [4.78, 5) is 49.7. The molecule has 1 amide bonds. The Kier molecular flexibility index (Phi) is 23.8. The molecule has 0 radical (unpaired) electrons. The van der Waals surface area contributed by atoms with Crippen LogP contribution < -0.4 is 11.1 Å². The lowest BCUT2D eigenvalue weighted by Gasteiger charge is -2.52. The number of aliphatic hydroxyl groups excluding tert-OH is 2. The summed E-state index contributed by atoms with van der Waals surface area (Å²) in [5.41, 5.74) is 5.87. The number of nitrogens with two attached hydrogens (primary N) is 1. The predicted molar refractivity (Wildman–Crippen MR) is 307 cm³/mol. The molecule has 466 valence electrons. The van der Waals surface area contributed by atoms with E-state index >= 15 is 14.0 Å². The molecule has 83 heavy (non-hydrogen) atoms. The number of nitrogens with zero attached hydrogens (tertiary/aromatic N) is 5. The number of aromatic nitrogens is 4. The molecule has 1 aromatic carbocycles. The first-order valence-corrected chi connectivity index (χ1v) is 29.3. The van der Waals surface area contributed by atoms with Gasteiger partial charge in [0.25, 0.3) is 0 Å². The number of methoxy groups -OCH3 is 4. The highest BCUT2D eigenvalue weighted by molar-refractivity contribution is 5.83. The summed E-state index contributed by atoms with van der Waals surface area (Å²) in [6.45, 7) is 20.3. The zero-order valence-electron chi connectivity index (χ0n) is 51.8. The zero-order chi connectivity index (χ0) is 61.3. The summed E-state index contributed by atoms with van der Waals surface area (Å²) in [5.74, 6) is -5.60. The van der Waals surface area contributed by atoms with Crippen LogP contribution in [0.3, 0.4) is 0 Å². The van der Waals surface area contributed by atoms with Crippen LogP contribution in [0.2, 0.25) is 0 Å². The molecule has 5 N–H and O–H groups in total. The number of pyridine rings is 1. The molecule has 1 unspecified atom stereocenters. The highest BCUT2D eigenvalue weighted by Crippen LogP contribution is 2.47. The molecule has 0 bridgehead atoms. The highest BCUT2D eigenvalue weighted by Gasteiger charge is 2.57. The van der Waals surface area contributed by atoms with E-state index in [0.717, 1.165) is 22.4 Å². The molecule has 0 spiro atoms. The van der Waals surface area contributed by atoms with Crippen LogP contribution in [-0.4, -0.2) is 187 Å². The number of hydrogen-bond donors (Lipinski definition) is 4. The third-order valence-electron chi connectivity index (χ3n) is 18.5. The maximum atomic E-state index is 15.2. The van der Waals surface area contributed by atoms with E-state index in [1.807, 2.05) is 89.2 Å². The fourth-order valence-electron chi connectivity index (χ4n) is 13.5. The normalized spacial score (nSPS) is 35.8. The van der Waals surface area contributed by atoms with E-state index in [4.69, 9.17) is 48.4 Å². The van der Waals surface area contributed by atoms with E-state index < -0.39 is 138 Å². The van der Waals surface area contributed by atoms with Crippen LogP contribution in [0.15, 0.2) is 48.8 Å². The maximum absolute atomic E-state index is 15.2. The van der Waals surface area contributed by atoms with Crippen molar-refractivity contribution in [3.8, 4) is 11.1 Å². The number of ether oxygens (including phenoxy) is 9. The van der Waals surface area contributed by atoms with Gasteiger partial charge in [0, 0.05) is 102 Å². The Bertz CT molecular complexity index is 2550. The minimum atomic E-state index is -1.61. The molecule has 5 heterocycles. The number of cyclic esters (lactones) is 1. The monoisotopic (exact) mass is 1170 g/mol. The Labute approximate surface area is 490 Å². The molecule has 0 saturated carbocycles. The molecule has 21 nitrogen and oxygen atoms in total. The number of Topliss-reactive ketones (excluding diaryl/α,β-unsaturated/α-hetero) is 1. The van der Waals surface area contributed by atoms with Gasteiger partial charge in [0.2, 0.25) is 0 Å². The standard InChI is InChI=1S/C61H96FN7O14/c1-17-49-61(11,83-58(63)74)45(31-64-24-25-75-13)37(5)51(70)34(2)27-60(10,78-16)55(38(6)50(39(7)56(73)81-49)48-28-59(9,77-15)54(72)40(8)80-48)82-57-52(71)46(26-36(4)79-57)68(12)32-44-33-69(67-66-44)47(29-62)53(76-14)42-22-20-41(21-23-42)43-19-18-35(3)65-30-43/h18-23,30,33-34,36-40,45-50,52-55,57,64,71-72H,17,24-29,31-32H2,1-16H3,(H2,63,74)/t34-,36-,37-,38+,39-,40+,45-,46+,47-,48-,49-,50?,52-,53-,54+,55-,57+,59-,60-,61+/m1/s1. The van der Waals surface area contributed by atoms with Gasteiger partial charge in [-0.1, -0.05) is 70.2 Å². The van der Waals surface area contributed by atoms with Gasteiger partial charge in [-0.25, -0.2) is 13.9 Å². The molecule has 2 aromatic heterocycles. The van der Waals surface area contributed by atoms with E-state index in [1.54, 1.807) is 54.8 Å². The Morgan fingerprint density at radius 1 is 0.952 bits per heavy atom. The van der Waals surface area contributed by atoms with Gasteiger partial charge < -0.3 is 63.9 Å². The van der Waals surface area contributed by atoms with Gasteiger partial charge in [0.1, 0.15) is 42.9 Å². The van der Waals surface area contributed by atoms with E-state index in [2.05, 4.69) is 20.6 Å². The second-order valence-corrected chi connectivity index (χ2v) is 24.3. The number of likely N-dealkylation sites (N-methyl/N-ethyl adjacent to an activating group) is 1. The molecular formula is C61H96FN7O14. The van der Waals surface area contributed by atoms with Crippen LogP contribution in [0.4, 0.5) is 9.18 Å². The number of rotatable bonds is 21. The summed E-state index contributed by atoms with van der Waals surface area (Å²) < 4.78 is 73.6. The van der Waals surface area contributed by atoms with Crippen molar-refractivity contribution in [2.75, 3.05) is 61.9 Å². The molecule has 3 aliphatic rings. The van der Waals surface area contributed by atoms with Crippen molar-refractivity contribution in [3.63, 3.8) is 0 Å². The van der Waals surface area contributed by atoms with Crippen molar-refractivity contribution in [2.24, 2.45) is 41.2 Å². The SMILES string of the molecule is CC[C@H]1OC(=O)[C@H](C)C([C@H]2C[C@@](C)(OC)[C@@H](O)[C@H](C)O2)[C@H](C)[C@@H](O[C@@H]2O[C@H](C)C[C@H](N(C)Cc3cn([C@H](CF)[C@H](OC)c4ccc(-c5ccc(C)nc5)cc4)nn3)[C@H]2O)[C@](C)(OC)C[C@@H](C)C(=O)[C@H](C)[C@@H](CNCCOC)[C@]1(C)OC(N)=O. The lowest BCUT2D eigenvalue weighted by atomic mass is 9.67. The fourth-order valence-corrected chi connectivity index (χ4v) is 13.5. The van der Waals surface area contributed by atoms with Crippen LogP contribution in [0.25, 0.3) is 11.1 Å². The first kappa shape index (κ1) is 67.5. The lowest BCUT2D eigenvalue weighted by Crippen LogP contribution is -2.62. The summed E-state index contributed by atoms with van der Waals surface area (Å²) >= 11 is 0. The van der Waals surface area contributed by atoms with Crippen molar-refractivity contribution in [1.29, 1.82) is 0 Å². The number of amides is 1. The summed E-state index contributed by atoms with van der Waals surface area (Å²) in [6, 6.07) is 10.3. The van der Waals surface area contributed by atoms with Crippen molar-refractivity contribution >= 4 is 17.8 Å². The minimum Gasteiger partial charge on any atom is -0.458 e. The first-order valence-electron chi connectivity index (χ1n) is 29.3. The second-order valence-electron chi connectivity index (χ2n) is 24.3. The number of alkyl halides is 1. The average molecular weight is 1170 g/mol. The molecule has 22 heteroatoms. The van der Waals surface area contributed by atoms with Gasteiger partial charge in [0.05, 0.1) is 60.0 Å². The molecule has 3 aliphatic heterocycles. The van der Waals surface area contributed by atoms with Crippen LogP contribution in [0, 0.1) is 42.4 Å². The van der Waals surface area contributed by atoms with E-state index in [9.17, 15) is 15.0 Å². The number of nitrogens with one attached hydrogen (secondary N) is 1. The number of benzene rings is 1. The van der Waals surface area contributed by atoms with Crippen LogP contribution in [0.5, 0.6) is 0 Å². The molecule has 3 aromatic rings. The van der Waals surface area contributed by atoms with Crippen molar-refractivity contribution in [1.82, 2.24) is 30.2 Å². The van der Waals surface area contributed by atoms with Gasteiger partial charge in [-0.2, -0.15) is 0 Å². The number of aliphatic hydroxyl groups is 2. The third kappa shape index (κ3) is 15.3. The van der Waals surface area contributed by atoms with Gasteiger partial charge in [-0.15, -0.1) is 5.10 Å². The Morgan fingerprint density at radius 2 is 1.63 bits per heavy atom. The van der Waals surface area contributed by atoms with E-state index in [1.165, 1.54) is 26.0 Å². The molecule has 6 rings (SSSR count). The number of esters is 1. The number of carbonyl (C=O) groups is 3. The lowest BCUT2D eigenvalue weighted by molar-refractivity contribution is -0.305. The summed E-state index contributed by atoms with van der Waals surface area (Å²) in [7, 11) is 8.02. The zero-order valence-corrected chi connectivity index (χ0v) is 51.8. The number of halogens is 1. The highest BCUT2D eigenvalue weighted by atomic mass is 19.1. The van der Waals surface area contributed by atoms with Gasteiger partial charge in [0.15, 0.2) is 11.9 Å². The smallest absolute Gasteiger partial charge is 0.405 e. The number of carbonyl (C=O) groups excluding carboxylic acids is 3. The molecule has 3 saturated heterocycles. The largest absolute Gasteiger partial charge is 0.458 e. The van der Waals surface area contributed by atoms with Crippen molar-refractivity contribution in [2.45, 2.75) is 192 Å². The average Bonchev–Trinajstić information content (AvgIpc) is 3.47. The second kappa shape index (κ2) is 29.2. The number of ketones is 1. The predicted octanol–water partition coefficient (Wildman–Crippen LogP) is 6.74. The fraction of sp³-hybridized carbons (Fsp3) is 0.738. The Balaban J connectivity index is 1.36. The quantitative estimate of drug-likeness (QED) is 0.0636.